The first-order valence-corrected chi connectivity index (χ1v) is 36.5. The predicted octanol–water partition coefficient (Wildman–Crippen LogP) is 20.6. The van der Waals surface area contributed by atoms with Crippen LogP contribution in [-0.2, 0) is 29.3 Å². The van der Waals surface area contributed by atoms with E-state index in [0.29, 0.717) is 96.1 Å². The first-order valence-electron chi connectivity index (χ1n) is 36.5. The van der Waals surface area contributed by atoms with Crippen LogP contribution in [0.1, 0.15) is 287 Å². The fraction of sp³-hybridized carbons (Fsp3) is 0.512. The van der Waals surface area contributed by atoms with Crippen molar-refractivity contribution in [3.8, 4) is 23.0 Å². The Morgan fingerprint density at radius 2 is 0.589 bits per heavy atom. The number of nitrogens with one attached hydrogen (secondary N) is 2. The van der Waals surface area contributed by atoms with Crippen LogP contribution in [0, 0.1) is 0 Å². The van der Waals surface area contributed by atoms with Crippen molar-refractivity contribution in [1.29, 1.82) is 0 Å². The van der Waals surface area contributed by atoms with E-state index in [1.165, 1.54) is 128 Å². The van der Waals surface area contributed by atoms with Crippen LogP contribution in [-0.4, -0.2) is 50.0 Å². The van der Waals surface area contributed by atoms with Gasteiger partial charge in [-0.2, -0.15) is 0 Å². The summed E-state index contributed by atoms with van der Waals surface area (Å²) in [5.74, 6) is 0.919. The van der Waals surface area contributed by atoms with E-state index >= 15 is 0 Å². The number of ether oxygens (including phenoxy) is 4. The second-order valence-corrected chi connectivity index (χ2v) is 25.8. The van der Waals surface area contributed by atoms with Crippen LogP contribution in [0.3, 0.4) is 0 Å². The Morgan fingerprint density at radius 1 is 0.326 bits per heavy atom. The van der Waals surface area contributed by atoms with Gasteiger partial charge in [-0.05, 0) is 146 Å². The third kappa shape index (κ3) is 28.2. The van der Waals surface area contributed by atoms with Gasteiger partial charge in [0.25, 0.3) is 11.8 Å². The van der Waals surface area contributed by atoms with Crippen molar-refractivity contribution in [3.63, 3.8) is 0 Å². The first-order chi connectivity index (χ1) is 46.1. The summed E-state index contributed by atoms with van der Waals surface area (Å²) in [7, 11) is 0. The summed E-state index contributed by atoms with van der Waals surface area (Å²) in [4.78, 5) is 38.0. The number of aliphatic imine (C=N–C) groups is 2. The summed E-state index contributed by atoms with van der Waals surface area (Å²) >= 11 is 0. The van der Waals surface area contributed by atoms with Crippen molar-refractivity contribution in [2.24, 2.45) is 9.98 Å². The van der Waals surface area contributed by atoms with E-state index in [1.54, 1.807) is 60.7 Å². The van der Waals surface area contributed by atoms with Gasteiger partial charge in [-0.3, -0.25) is 19.6 Å². The number of fused-ring (bicyclic) bond motifs is 12. The van der Waals surface area contributed by atoms with Crippen LogP contribution in [0.4, 0.5) is 22.7 Å². The maximum Gasteiger partial charge on any atom is 2.00 e. The van der Waals surface area contributed by atoms with Gasteiger partial charge in [0.15, 0.2) is 0 Å². The quantitative estimate of drug-likeness (QED) is 0.0283. The molecule has 0 atom stereocenters. The second-order valence-electron chi connectivity index (χ2n) is 25.8. The Morgan fingerprint density at radius 3 is 0.895 bits per heavy atom. The molecule has 1 aliphatic rings. The Balaban J connectivity index is 0.0000143. The smallest absolute Gasteiger partial charge is 0.858 e. The largest absolute Gasteiger partial charge is 2.00 e. The first kappa shape index (κ1) is 76.9. The van der Waals surface area contributed by atoms with Crippen LogP contribution < -0.4 is 39.8 Å². The van der Waals surface area contributed by atoms with Crippen LogP contribution >= 0.6 is 0 Å². The molecule has 13 heteroatoms. The number of hydrogen-bond donors (Lipinski definition) is 2. The molecule has 6 aromatic carbocycles. The van der Waals surface area contributed by atoms with Crippen molar-refractivity contribution in [2.75, 3.05) is 37.1 Å². The van der Waals surface area contributed by atoms with Gasteiger partial charge in [-0.15, -0.1) is 0 Å². The molecule has 1 heterocycles. The number of amides is 2. The molecular weight excluding hydrogens is 1230 g/mol. The van der Waals surface area contributed by atoms with Crippen molar-refractivity contribution in [2.45, 2.75) is 246 Å². The molecule has 0 saturated carbocycles. The number of anilines is 2. The maximum absolute atomic E-state index is 14.3. The van der Waals surface area contributed by atoms with E-state index < -0.39 is 11.8 Å². The Bertz CT molecular complexity index is 3060. The topological polar surface area (TPSA) is 166 Å². The van der Waals surface area contributed by atoms with Crippen LogP contribution in [0.25, 0.3) is 0 Å². The molecule has 12 bridgehead atoms. The third-order valence-electron chi connectivity index (χ3n) is 17.7. The van der Waals surface area contributed by atoms with E-state index in [4.69, 9.17) is 18.9 Å². The molecule has 1 aliphatic heterocycles. The molecule has 0 fully saturated rings. The van der Waals surface area contributed by atoms with E-state index in [9.17, 15) is 19.8 Å². The summed E-state index contributed by atoms with van der Waals surface area (Å²) in [5, 5.41) is 34.8. The fourth-order valence-corrected chi connectivity index (χ4v) is 12.1. The molecule has 0 aliphatic carbocycles. The summed E-state index contributed by atoms with van der Waals surface area (Å²) in [6.45, 7) is 11.1. The zero-order valence-electron chi connectivity index (χ0n) is 57.9. The minimum Gasteiger partial charge on any atom is -0.858 e. The predicted molar refractivity (Wildman–Crippen MR) is 385 cm³/mol. The average Bonchev–Trinajstić information content (AvgIpc) is 0.870. The van der Waals surface area contributed by atoms with Crippen LogP contribution in [0.2, 0.25) is 0 Å². The summed E-state index contributed by atoms with van der Waals surface area (Å²) < 4.78 is 26.3. The number of carbonyl (C=O) groups excluding carboxylic acids is 2. The number of rotatable bonds is 40. The van der Waals surface area contributed by atoms with Gasteiger partial charge in [0.1, 0.15) is 23.0 Å². The molecule has 0 aromatic heterocycles. The van der Waals surface area contributed by atoms with Gasteiger partial charge in [0.05, 0.1) is 37.8 Å². The van der Waals surface area contributed by atoms with Crippen molar-refractivity contribution < 1.29 is 55.2 Å². The van der Waals surface area contributed by atoms with Crippen molar-refractivity contribution in [3.05, 3.63) is 166 Å². The zero-order valence-corrected chi connectivity index (χ0v) is 58.9. The fourth-order valence-electron chi connectivity index (χ4n) is 12.1. The molecule has 12 nitrogen and oxygen atoms in total. The average molecular weight is 1340 g/mol. The van der Waals surface area contributed by atoms with Crippen molar-refractivity contribution >= 4 is 46.4 Å². The van der Waals surface area contributed by atoms with Crippen LogP contribution in [0.5, 0.6) is 23.0 Å². The molecule has 0 saturated heterocycles. The number of carbonyl (C=O) groups is 2. The van der Waals surface area contributed by atoms with E-state index in [-0.39, 0.29) is 39.4 Å². The Hall–Kier alpha value is -7.11. The monoisotopic (exact) mass is 1340 g/mol. The summed E-state index contributed by atoms with van der Waals surface area (Å²) in [5.41, 5.74) is 6.26. The van der Waals surface area contributed by atoms with Gasteiger partial charge in [-0.25, -0.2) is 0 Å². The zero-order chi connectivity index (χ0) is 66.2. The molecule has 0 radical (unpaired) electrons. The molecule has 6 aromatic rings. The number of unbranched alkanes of at least 4 members (excludes halogenated alkanes) is 28. The van der Waals surface area contributed by atoms with Crippen LogP contribution in [0.15, 0.2) is 131 Å². The molecule has 95 heavy (non-hydrogen) atoms. The minimum absolute atomic E-state index is 0. The normalized spacial score (nSPS) is 12.5. The number of benzene rings is 6. The van der Waals surface area contributed by atoms with Gasteiger partial charge in [0, 0.05) is 57.6 Å². The molecule has 7 rings (SSSR count). The molecule has 0 spiro atoms. The SMILES string of the molecule is CCCCCCCCCCOc1ccc2cc1Cc1cc(ccc1OCCCCCCCCCC)N=C([O-])c1cccc(c1)C(=O)Nc1ccc(OCCCCCCCCCC)c(c1)Cc1cc(ccc1OCCCCCCCCCC)NC(=O)c1cccc(c1)C([O-])=N2.[Ni+2]. The third-order valence-corrected chi connectivity index (χ3v) is 17.7. The number of nitrogens with zero attached hydrogens (tertiary/aromatic N) is 2. The van der Waals surface area contributed by atoms with E-state index in [1.807, 2.05) is 60.7 Å². The molecular formula is C82H110N4NiO8. The van der Waals surface area contributed by atoms with Gasteiger partial charge >= 0.3 is 16.5 Å². The second kappa shape index (κ2) is 45.4. The standard InChI is InChI=1S/C82H112N4O8.Ni/c1-5-9-13-17-21-25-29-33-51-91-75-47-43-71-59-67(75)57-68-60-72(44-48-76(68)92-52-34-30-26-22-18-14-10-6-2)84-80(88)65-41-38-42-66(56-65)82(90)86-74-46-50-78(94-54-36-32-28-24-20-16-12-8-4)70(62-74)58-69-61-73(85-81(89)64-40-37-39-63(55-64)79(87)83-71)45-49-77(69)93-53-35-31-27-23-19-15-11-7-3;/h37-50,55-56,59-62H,5-36,51-54,57-58H2,1-4H3,(H,83,87)(H,84,88)(H,85,89)(H,86,90);/q;+2/p-2. The molecule has 2 amide bonds. The van der Waals surface area contributed by atoms with E-state index in [0.717, 1.165) is 99.3 Å². The van der Waals surface area contributed by atoms with Gasteiger partial charge in [-0.1, -0.05) is 232 Å². The summed E-state index contributed by atoms with van der Waals surface area (Å²) in [6.07, 6.45) is 38.2. The van der Waals surface area contributed by atoms with Crippen molar-refractivity contribution in [1.82, 2.24) is 0 Å². The van der Waals surface area contributed by atoms with E-state index in [2.05, 4.69) is 48.3 Å². The minimum atomic E-state index is -0.502. The summed E-state index contributed by atoms with van der Waals surface area (Å²) in [6, 6.07) is 35.8. The molecule has 516 valence electrons. The maximum atomic E-state index is 14.3. The Labute approximate surface area is 580 Å². The van der Waals surface area contributed by atoms with Gasteiger partial charge in [0.2, 0.25) is 0 Å². The van der Waals surface area contributed by atoms with Gasteiger partial charge < -0.3 is 39.8 Å². The molecule has 2 N–H and O–H groups in total. The molecule has 0 unspecified atom stereocenters. The number of hydrogen-bond acceptors (Lipinski definition) is 10. The Kier molecular flexibility index (Phi) is 36.7.